The first-order valence-electron chi connectivity index (χ1n) is 9.17. The molecule has 10 heteroatoms. The number of rotatable bonds is 6. The minimum atomic E-state index is -2.81. The van der Waals surface area contributed by atoms with E-state index >= 15 is 0 Å². The number of amides is 1. The summed E-state index contributed by atoms with van der Waals surface area (Å²) in [6.45, 7) is 2.06. The normalized spacial score (nSPS) is 15.7. The van der Waals surface area contributed by atoms with Crippen molar-refractivity contribution in [3.8, 4) is 11.4 Å². The maximum Gasteiger partial charge on any atom is 0.315 e. The molecule has 8 nitrogen and oxygen atoms in total. The highest BCUT2D eigenvalue weighted by Gasteiger charge is 2.27. The number of hydrogen-bond acceptors (Lipinski definition) is 6. The highest BCUT2D eigenvalue weighted by molar-refractivity contribution is 5.95. The largest absolute Gasteiger partial charge is 0.394 e. The van der Waals surface area contributed by atoms with Gasteiger partial charge in [0.15, 0.2) is 0 Å². The van der Waals surface area contributed by atoms with Gasteiger partial charge < -0.3 is 14.9 Å². The summed E-state index contributed by atoms with van der Waals surface area (Å²) in [5.41, 5.74) is 3.73. The number of aliphatic hydroxyl groups is 1. The molecule has 1 atom stereocenters. The van der Waals surface area contributed by atoms with Gasteiger partial charge in [-0.2, -0.15) is 18.9 Å². The Hall–Kier alpha value is -3.14. The molecule has 0 fully saturated rings. The molecule has 0 bridgehead atoms. The quantitative estimate of drug-likeness (QED) is 0.655. The first kappa shape index (κ1) is 19.2. The third-order valence-electron chi connectivity index (χ3n) is 5.07. The molecule has 1 aliphatic rings. The number of alkyl halides is 2. The molecule has 0 unspecified atom stereocenters. The summed E-state index contributed by atoms with van der Waals surface area (Å²) < 4.78 is 31.4. The van der Waals surface area contributed by atoms with Crippen molar-refractivity contribution in [1.29, 1.82) is 0 Å². The summed E-state index contributed by atoms with van der Waals surface area (Å²) in [6.07, 6.45) is 0.144. The Morgan fingerprint density at radius 2 is 2.28 bits per heavy atom. The average Bonchev–Trinajstić information content (AvgIpc) is 3.42. The fourth-order valence-electron chi connectivity index (χ4n) is 3.57. The van der Waals surface area contributed by atoms with Crippen molar-refractivity contribution in [3.63, 3.8) is 0 Å². The van der Waals surface area contributed by atoms with Gasteiger partial charge in [0, 0.05) is 11.3 Å². The van der Waals surface area contributed by atoms with Crippen molar-refractivity contribution >= 4 is 5.91 Å². The summed E-state index contributed by atoms with van der Waals surface area (Å²) in [4.78, 5) is 16.4. The van der Waals surface area contributed by atoms with Crippen LogP contribution in [0.2, 0.25) is 0 Å². The van der Waals surface area contributed by atoms with E-state index < -0.39 is 12.3 Å². The molecule has 0 saturated heterocycles. The van der Waals surface area contributed by atoms with E-state index in [1.807, 2.05) is 12.1 Å². The smallest absolute Gasteiger partial charge is 0.315 e. The number of benzene rings is 1. The summed E-state index contributed by atoms with van der Waals surface area (Å²) in [5.74, 6) is -0.821. The third kappa shape index (κ3) is 3.63. The van der Waals surface area contributed by atoms with E-state index in [9.17, 15) is 13.6 Å². The zero-order chi connectivity index (χ0) is 20.5. The van der Waals surface area contributed by atoms with E-state index in [0.717, 1.165) is 24.0 Å². The highest BCUT2D eigenvalue weighted by atomic mass is 19.3. The standard InChI is InChI=1S/C19H19F2N5O3/c1-10-14(9-22-26(10)6-7-27)18(28)23-15-5-3-11-8-12(2-4-13(11)15)17-24-19(16(20)21)29-25-17/h2,4,8-9,15-16,27H,3,5-7H2,1H3,(H,23,28)/t15-/m1/s1. The van der Waals surface area contributed by atoms with E-state index in [4.69, 9.17) is 5.11 Å². The number of carbonyl (C=O) groups excluding carboxylic acids is 1. The lowest BCUT2D eigenvalue weighted by Gasteiger charge is -2.14. The molecule has 0 saturated carbocycles. The molecule has 1 aliphatic carbocycles. The molecule has 0 spiro atoms. The van der Waals surface area contributed by atoms with Gasteiger partial charge in [0.25, 0.3) is 11.8 Å². The van der Waals surface area contributed by atoms with Gasteiger partial charge in [0.2, 0.25) is 5.82 Å². The van der Waals surface area contributed by atoms with E-state index in [2.05, 4.69) is 25.1 Å². The number of aryl methyl sites for hydroxylation is 1. The number of hydrogen-bond donors (Lipinski definition) is 2. The fourth-order valence-corrected chi connectivity index (χ4v) is 3.57. The van der Waals surface area contributed by atoms with Crippen LogP contribution in [0.5, 0.6) is 0 Å². The number of carbonyl (C=O) groups is 1. The van der Waals surface area contributed by atoms with Crippen LogP contribution in [0.1, 0.15) is 52.0 Å². The van der Waals surface area contributed by atoms with Crippen molar-refractivity contribution in [2.75, 3.05) is 6.61 Å². The molecule has 0 aliphatic heterocycles. The van der Waals surface area contributed by atoms with Crippen LogP contribution in [0.25, 0.3) is 11.4 Å². The molecule has 2 N–H and O–H groups in total. The number of aromatic nitrogens is 4. The van der Waals surface area contributed by atoms with Crippen LogP contribution in [-0.2, 0) is 13.0 Å². The lowest BCUT2D eigenvalue weighted by molar-refractivity contribution is 0.0935. The average molecular weight is 403 g/mol. The van der Waals surface area contributed by atoms with Crippen molar-refractivity contribution in [2.24, 2.45) is 0 Å². The molecule has 3 aromatic rings. The predicted molar refractivity (Wildman–Crippen MR) is 97.3 cm³/mol. The highest BCUT2D eigenvalue weighted by Crippen LogP contribution is 2.34. The van der Waals surface area contributed by atoms with Gasteiger partial charge in [-0.05, 0) is 37.0 Å². The number of aliphatic hydroxyl groups excluding tert-OH is 1. The minimum absolute atomic E-state index is 0.0545. The zero-order valence-electron chi connectivity index (χ0n) is 15.6. The van der Waals surface area contributed by atoms with Crippen LogP contribution in [0.4, 0.5) is 8.78 Å². The first-order valence-corrected chi connectivity index (χ1v) is 9.17. The molecule has 1 amide bonds. The molecule has 2 heterocycles. The number of halogens is 2. The van der Waals surface area contributed by atoms with Gasteiger partial charge in [0.1, 0.15) is 0 Å². The van der Waals surface area contributed by atoms with Crippen LogP contribution < -0.4 is 5.32 Å². The van der Waals surface area contributed by atoms with Crippen LogP contribution in [-0.4, -0.2) is 37.5 Å². The van der Waals surface area contributed by atoms with E-state index in [1.165, 1.54) is 6.20 Å². The first-order chi connectivity index (χ1) is 14.0. The summed E-state index contributed by atoms with van der Waals surface area (Å²) in [5, 5.41) is 19.8. The summed E-state index contributed by atoms with van der Waals surface area (Å²) >= 11 is 0. The monoisotopic (exact) mass is 403 g/mol. The summed E-state index contributed by atoms with van der Waals surface area (Å²) in [7, 11) is 0. The third-order valence-corrected chi connectivity index (χ3v) is 5.07. The fraction of sp³-hybridized carbons (Fsp3) is 0.368. The Kier molecular flexibility index (Phi) is 5.10. The van der Waals surface area contributed by atoms with Gasteiger partial charge in [0.05, 0.1) is 31.0 Å². The van der Waals surface area contributed by atoms with Crippen molar-refractivity contribution in [3.05, 3.63) is 52.7 Å². The van der Waals surface area contributed by atoms with Gasteiger partial charge in [-0.3, -0.25) is 9.48 Å². The van der Waals surface area contributed by atoms with Gasteiger partial charge in [-0.25, -0.2) is 0 Å². The van der Waals surface area contributed by atoms with Crippen LogP contribution >= 0.6 is 0 Å². The van der Waals surface area contributed by atoms with Crippen molar-refractivity contribution < 1.29 is 23.2 Å². The van der Waals surface area contributed by atoms with Gasteiger partial charge >= 0.3 is 6.43 Å². The maximum atomic E-state index is 12.7. The molecule has 1 aromatic carbocycles. The van der Waals surface area contributed by atoms with E-state index in [1.54, 1.807) is 17.7 Å². The van der Waals surface area contributed by atoms with Gasteiger partial charge in [-0.15, -0.1) is 0 Å². The predicted octanol–water partition coefficient (Wildman–Crippen LogP) is 2.59. The van der Waals surface area contributed by atoms with Gasteiger partial charge in [-0.1, -0.05) is 17.3 Å². The second-order valence-corrected chi connectivity index (χ2v) is 6.83. The van der Waals surface area contributed by atoms with E-state index in [-0.39, 0.29) is 24.4 Å². The number of nitrogens with zero attached hydrogens (tertiary/aromatic N) is 4. The SMILES string of the molecule is Cc1c(C(=O)N[C@@H]2CCc3cc(-c4noc(C(F)F)n4)ccc32)cnn1CCO. The molecular weight excluding hydrogens is 384 g/mol. The maximum absolute atomic E-state index is 12.7. The molecular formula is C19H19F2N5O3. The Morgan fingerprint density at radius 1 is 1.45 bits per heavy atom. The number of fused-ring (bicyclic) bond motifs is 1. The Labute approximate surface area is 164 Å². The van der Waals surface area contributed by atoms with Crippen LogP contribution in [0.3, 0.4) is 0 Å². The number of nitrogens with one attached hydrogen (secondary N) is 1. The topological polar surface area (TPSA) is 106 Å². The second-order valence-electron chi connectivity index (χ2n) is 6.83. The van der Waals surface area contributed by atoms with Crippen LogP contribution in [0.15, 0.2) is 28.9 Å². The molecule has 152 valence electrons. The van der Waals surface area contributed by atoms with Crippen molar-refractivity contribution in [1.82, 2.24) is 25.2 Å². The zero-order valence-corrected chi connectivity index (χ0v) is 15.6. The Balaban J connectivity index is 1.51. The summed E-state index contributed by atoms with van der Waals surface area (Å²) in [6, 6.07) is 5.26. The van der Waals surface area contributed by atoms with Crippen LogP contribution in [0, 0.1) is 6.92 Å². The minimum Gasteiger partial charge on any atom is -0.394 e. The molecule has 4 rings (SSSR count). The van der Waals surface area contributed by atoms with Crippen molar-refractivity contribution in [2.45, 2.75) is 38.8 Å². The lowest BCUT2D eigenvalue weighted by atomic mass is 10.0. The Bertz CT molecular complexity index is 1050. The van der Waals surface area contributed by atoms with E-state index in [0.29, 0.717) is 23.4 Å². The lowest BCUT2D eigenvalue weighted by Crippen LogP contribution is -2.27. The molecule has 2 aromatic heterocycles. The second kappa shape index (κ2) is 7.70. The molecule has 0 radical (unpaired) electrons. The molecule has 29 heavy (non-hydrogen) atoms. The Morgan fingerprint density at radius 3 is 3.00 bits per heavy atom.